The van der Waals surface area contributed by atoms with Crippen LogP contribution in [0.4, 0.5) is 0 Å². The zero-order valence-corrected chi connectivity index (χ0v) is 8.27. The Morgan fingerprint density at radius 1 is 1.29 bits per heavy atom. The van der Waals surface area contributed by atoms with Crippen LogP contribution < -0.4 is 5.73 Å². The lowest BCUT2D eigenvalue weighted by Gasteiger charge is -2.11. The number of hydrogen-bond donors (Lipinski definition) is 1. The topological polar surface area (TPSA) is 38.9 Å². The van der Waals surface area contributed by atoms with Gasteiger partial charge in [-0.25, -0.2) is 0 Å². The van der Waals surface area contributed by atoms with Crippen molar-refractivity contribution in [2.45, 2.75) is 19.4 Å². The smallest absolute Gasteiger partial charge is 0.0749 e. The van der Waals surface area contributed by atoms with Crippen molar-refractivity contribution in [3.05, 3.63) is 42.1 Å². The Kier molecular flexibility index (Phi) is 2.46. The predicted molar refractivity (Wildman–Crippen MR) is 59.0 cm³/mol. The summed E-state index contributed by atoms with van der Waals surface area (Å²) in [6, 6.07) is 10.3. The molecule has 1 heterocycles. The first kappa shape index (κ1) is 9.16. The van der Waals surface area contributed by atoms with E-state index in [1.807, 2.05) is 18.3 Å². The monoisotopic (exact) mass is 186 g/mol. The molecule has 0 bridgehead atoms. The normalized spacial score (nSPS) is 13.0. The first-order valence-corrected chi connectivity index (χ1v) is 4.92. The molecule has 1 aromatic heterocycles. The highest BCUT2D eigenvalue weighted by molar-refractivity contribution is 5.81. The largest absolute Gasteiger partial charge is 0.324 e. The molecule has 0 saturated carbocycles. The fourth-order valence-electron chi connectivity index (χ4n) is 1.65. The molecule has 2 aromatic rings. The van der Waals surface area contributed by atoms with Crippen molar-refractivity contribution in [2.75, 3.05) is 0 Å². The van der Waals surface area contributed by atoms with Crippen LogP contribution >= 0.6 is 0 Å². The summed E-state index contributed by atoms with van der Waals surface area (Å²) in [5, 5.41) is 1.16. The number of pyridine rings is 1. The molecule has 1 aromatic carbocycles. The Labute approximate surface area is 83.8 Å². The van der Waals surface area contributed by atoms with E-state index in [2.05, 4.69) is 30.1 Å². The van der Waals surface area contributed by atoms with Crippen molar-refractivity contribution < 1.29 is 0 Å². The van der Waals surface area contributed by atoms with Gasteiger partial charge in [0.05, 0.1) is 5.52 Å². The minimum absolute atomic E-state index is 0.0913. The second kappa shape index (κ2) is 3.76. The highest BCUT2D eigenvalue weighted by Gasteiger charge is 2.07. The zero-order chi connectivity index (χ0) is 9.97. The molecule has 72 valence electrons. The Bertz CT molecular complexity index is 432. The van der Waals surface area contributed by atoms with Gasteiger partial charge in [-0.05, 0) is 18.1 Å². The molecule has 2 N–H and O–H groups in total. The summed E-state index contributed by atoms with van der Waals surface area (Å²) in [6.45, 7) is 2.09. The average molecular weight is 186 g/mol. The predicted octanol–water partition coefficient (Wildman–Crippen LogP) is 2.64. The van der Waals surface area contributed by atoms with Crippen LogP contribution in [0.5, 0.6) is 0 Å². The minimum Gasteiger partial charge on any atom is -0.324 e. The van der Waals surface area contributed by atoms with E-state index >= 15 is 0 Å². The number of nitrogens with two attached hydrogens (primary N) is 1. The van der Waals surface area contributed by atoms with Gasteiger partial charge < -0.3 is 5.73 Å². The van der Waals surface area contributed by atoms with Crippen molar-refractivity contribution in [3.63, 3.8) is 0 Å². The van der Waals surface area contributed by atoms with Gasteiger partial charge in [-0.2, -0.15) is 0 Å². The summed E-state index contributed by atoms with van der Waals surface area (Å²) >= 11 is 0. The minimum atomic E-state index is 0.0913. The van der Waals surface area contributed by atoms with Gasteiger partial charge >= 0.3 is 0 Å². The van der Waals surface area contributed by atoms with Gasteiger partial charge in [0.1, 0.15) is 0 Å². The maximum absolute atomic E-state index is 6.02. The van der Waals surface area contributed by atoms with Crippen LogP contribution in [0, 0.1) is 0 Å². The summed E-state index contributed by atoms with van der Waals surface area (Å²) in [4.78, 5) is 4.37. The molecular weight excluding hydrogens is 172 g/mol. The summed E-state index contributed by atoms with van der Waals surface area (Å²) in [7, 11) is 0. The lowest BCUT2D eigenvalue weighted by Crippen LogP contribution is -2.09. The van der Waals surface area contributed by atoms with Crippen LogP contribution in [0.2, 0.25) is 0 Å². The Morgan fingerprint density at radius 2 is 2.07 bits per heavy atom. The molecule has 0 radical (unpaired) electrons. The fourth-order valence-corrected chi connectivity index (χ4v) is 1.65. The highest BCUT2D eigenvalue weighted by atomic mass is 14.7. The standard InChI is InChI=1S/C12H14N2/c1-2-11(13)10-7-3-5-9-6-4-8-14-12(9)10/h3-8,11H,2,13H2,1H3/t11-/m0/s1. The van der Waals surface area contributed by atoms with Crippen LogP contribution in [0.1, 0.15) is 24.9 Å². The third-order valence-electron chi connectivity index (χ3n) is 2.50. The van der Waals surface area contributed by atoms with Crippen LogP contribution in [-0.4, -0.2) is 4.98 Å². The van der Waals surface area contributed by atoms with Crippen molar-refractivity contribution >= 4 is 10.9 Å². The number of aromatic nitrogens is 1. The summed E-state index contributed by atoms with van der Waals surface area (Å²) in [6.07, 6.45) is 2.75. The molecule has 0 fully saturated rings. The number of para-hydroxylation sites is 1. The summed E-state index contributed by atoms with van der Waals surface area (Å²) in [5.74, 6) is 0. The van der Waals surface area contributed by atoms with Crippen LogP contribution in [0.25, 0.3) is 10.9 Å². The van der Waals surface area contributed by atoms with E-state index in [4.69, 9.17) is 5.73 Å². The molecule has 0 aliphatic rings. The van der Waals surface area contributed by atoms with E-state index in [0.29, 0.717) is 0 Å². The quantitative estimate of drug-likeness (QED) is 0.783. The number of hydrogen-bond acceptors (Lipinski definition) is 2. The highest BCUT2D eigenvalue weighted by Crippen LogP contribution is 2.22. The number of benzene rings is 1. The molecule has 0 saturated heterocycles. The van der Waals surface area contributed by atoms with E-state index in [9.17, 15) is 0 Å². The number of nitrogens with zero attached hydrogens (tertiary/aromatic N) is 1. The van der Waals surface area contributed by atoms with Gasteiger partial charge in [0.15, 0.2) is 0 Å². The van der Waals surface area contributed by atoms with E-state index in [0.717, 1.165) is 22.9 Å². The van der Waals surface area contributed by atoms with E-state index in [1.165, 1.54) is 0 Å². The number of rotatable bonds is 2. The van der Waals surface area contributed by atoms with Crippen molar-refractivity contribution in [3.8, 4) is 0 Å². The van der Waals surface area contributed by atoms with Crippen molar-refractivity contribution in [1.82, 2.24) is 4.98 Å². The van der Waals surface area contributed by atoms with Gasteiger partial charge in [0.25, 0.3) is 0 Å². The van der Waals surface area contributed by atoms with Gasteiger partial charge in [0.2, 0.25) is 0 Å². The van der Waals surface area contributed by atoms with Gasteiger partial charge in [-0.3, -0.25) is 4.98 Å². The average Bonchev–Trinajstić information content (AvgIpc) is 2.27. The maximum Gasteiger partial charge on any atom is 0.0749 e. The lowest BCUT2D eigenvalue weighted by atomic mass is 10.0. The summed E-state index contributed by atoms with van der Waals surface area (Å²) < 4.78 is 0. The third-order valence-corrected chi connectivity index (χ3v) is 2.50. The maximum atomic E-state index is 6.02. The molecular formula is C12H14N2. The number of fused-ring (bicyclic) bond motifs is 1. The van der Waals surface area contributed by atoms with E-state index in [1.54, 1.807) is 0 Å². The molecule has 1 atom stereocenters. The van der Waals surface area contributed by atoms with Crippen LogP contribution in [0.3, 0.4) is 0 Å². The molecule has 2 nitrogen and oxygen atoms in total. The van der Waals surface area contributed by atoms with Gasteiger partial charge in [0, 0.05) is 17.6 Å². The molecule has 0 aliphatic carbocycles. The molecule has 14 heavy (non-hydrogen) atoms. The molecule has 2 heteroatoms. The third kappa shape index (κ3) is 1.49. The van der Waals surface area contributed by atoms with Crippen molar-refractivity contribution in [1.29, 1.82) is 0 Å². The molecule has 0 aliphatic heterocycles. The van der Waals surface area contributed by atoms with Gasteiger partial charge in [-0.15, -0.1) is 0 Å². The first-order valence-electron chi connectivity index (χ1n) is 4.92. The molecule has 0 spiro atoms. The lowest BCUT2D eigenvalue weighted by molar-refractivity contribution is 0.703. The second-order valence-electron chi connectivity index (χ2n) is 3.44. The molecule has 0 amide bonds. The SMILES string of the molecule is CC[C@H](N)c1cccc2cccnc12. The van der Waals surface area contributed by atoms with Crippen LogP contribution in [-0.2, 0) is 0 Å². The Balaban J connectivity index is 2.65. The fraction of sp³-hybridized carbons (Fsp3) is 0.250. The van der Waals surface area contributed by atoms with Crippen LogP contribution in [0.15, 0.2) is 36.5 Å². The Hall–Kier alpha value is -1.41. The zero-order valence-electron chi connectivity index (χ0n) is 8.27. The molecule has 0 unspecified atom stereocenters. The molecule has 2 rings (SSSR count). The van der Waals surface area contributed by atoms with E-state index in [-0.39, 0.29) is 6.04 Å². The Morgan fingerprint density at radius 3 is 2.86 bits per heavy atom. The van der Waals surface area contributed by atoms with Gasteiger partial charge in [-0.1, -0.05) is 31.2 Å². The van der Waals surface area contributed by atoms with E-state index < -0.39 is 0 Å². The van der Waals surface area contributed by atoms with Crippen molar-refractivity contribution in [2.24, 2.45) is 5.73 Å². The summed E-state index contributed by atoms with van der Waals surface area (Å²) in [5.41, 5.74) is 8.20. The second-order valence-corrected chi connectivity index (χ2v) is 3.44. The first-order chi connectivity index (χ1) is 6.83.